The third kappa shape index (κ3) is 5.77. The molecule has 0 aliphatic rings. The Labute approximate surface area is 140 Å². The van der Waals surface area contributed by atoms with Crippen molar-refractivity contribution in [2.45, 2.75) is 47.0 Å². The minimum Gasteiger partial charge on any atom is -0.466 e. The zero-order valence-electron chi connectivity index (χ0n) is 13.2. The topological polar surface area (TPSA) is 43.4 Å². The van der Waals surface area contributed by atoms with Crippen LogP contribution in [-0.4, -0.2) is 18.4 Å². The molecule has 0 bridgehead atoms. The summed E-state index contributed by atoms with van der Waals surface area (Å²) in [6.07, 6.45) is 1.43. The highest BCUT2D eigenvalue weighted by atomic mass is 127. The van der Waals surface area contributed by atoms with Gasteiger partial charge < -0.3 is 4.74 Å². The van der Waals surface area contributed by atoms with Crippen molar-refractivity contribution in [3.8, 4) is 0 Å². The number of Topliss-reactive ketones (excluding diaryl/α,β-unsaturated/α-hetero) is 1. The van der Waals surface area contributed by atoms with Gasteiger partial charge in [-0.25, -0.2) is 0 Å². The molecule has 0 spiro atoms. The molecule has 1 rings (SSSR count). The Morgan fingerprint density at radius 1 is 1.24 bits per heavy atom. The third-order valence-corrected chi connectivity index (χ3v) is 4.20. The van der Waals surface area contributed by atoms with Crippen LogP contribution in [0.1, 0.15) is 43.4 Å². The van der Waals surface area contributed by atoms with Gasteiger partial charge in [0.05, 0.1) is 12.5 Å². The van der Waals surface area contributed by atoms with E-state index in [1.54, 1.807) is 6.92 Å². The molecule has 1 aromatic rings. The summed E-state index contributed by atoms with van der Waals surface area (Å²) in [5, 5.41) is 0. The van der Waals surface area contributed by atoms with E-state index in [1.165, 1.54) is 3.57 Å². The van der Waals surface area contributed by atoms with Gasteiger partial charge in [-0.1, -0.05) is 6.92 Å². The Morgan fingerprint density at radius 3 is 2.33 bits per heavy atom. The molecule has 0 saturated heterocycles. The molecule has 0 fully saturated rings. The lowest BCUT2D eigenvalue weighted by molar-refractivity contribution is -0.147. The van der Waals surface area contributed by atoms with Crippen molar-refractivity contribution in [3.63, 3.8) is 0 Å². The summed E-state index contributed by atoms with van der Waals surface area (Å²) >= 11 is 2.29. The molecular formula is C17H23IO3. The molecule has 0 aromatic heterocycles. The zero-order chi connectivity index (χ0) is 16.0. The number of ketones is 1. The average molecular weight is 402 g/mol. The SMILES string of the molecule is CCOC(=O)C(C)CCC(=O)Cc1c(C)cc(I)cc1C. The van der Waals surface area contributed by atoms with Crippen LogP contribution in [0.5, 0.6) is 0 Å². The zero-order valence-corrected chi connectivity index (χ0v) is 15.3. The van der Waals surface area contributed by atoms with Gasteiger partial charge in [-0.05, 0) is 78.6 Å². The minimum atomic E-state index is -0.216. The second kappa shape index (κ2) is 8.51. The van der Waals surface area contributed by atoms with Crippen LogP contribution in [0.25, 0.3) is 0 Å². The molecule has 0 saturated carbocycles. The van der Waals surface area contributed by atoms with Gasteiger partial charge in [-0.15, -0.1) is 0 Å². The standard InChI is InChI=1S/C17H23IO3/c1-5-21-17(20)11(2)6-7-15(19)10-16-12(3)8-14(18)9-13(16)4/h8-9,11H,5-7,10H2,1-4H3. The highest BCUT2D eigenvalue weighted by Gasteiger charge is 2.16. The molecule has 0 aliphatic carbocycles. The lowest BCUT2D eigenvalue weighted by atomic mass is 9.95. The predicted octanol–water partition coefficient (Wildman–Crippen LogP) is 4.00. The number of carbonyl (C=O) groups is 2. The van der Waals surface area contributed by atoms with Crippen molar-refractivity contribution in [2.75, 3.05) is 6.61 Å². The normalized spacial score (nSPS) is 12.0. The van der Waals surface area contributed by atoms with Crippen LogP contribution in [0.15, 0.2) is 12.1 Å². The fourth-order valence-electron chi connectivity index (χ4n) is 2.28. The van der Waals surface area contributed by atoms with E-state index < -0.39 is 0 Å². The predicted molar refractivity (Wildman–Crippen MR) is 92.4 cm³/mol. The van der Waals surface area contributed by atoms with Crippen molar-refractivity contribution < 1.29 is 14.3 Å². The van der Waals surface area contributed by atoms with Gasteiger partial charge in [-0.3, -0.25) is 9.59 Å². The molecule has 0 amide bonds. The first-order valence-electron chi connectivity index (χ1n) is 7.29. The maximum Gasteiger partial charge on any atom is 0.308 e. The number of benzene rings is 1. The van der Waals surface area contributed by atoms with Crippen molar-refractivity contribution in [3.05, 3.63) is 32.4 Å². The monoisotopic (exact) mass is 402 g/mol. The summed E-state index contributed by atoms with van der Waals surface area (Å²) in [5.41, 5.74) is 3.43. The molecule has 1 atom stereocenters. The van der Waals surface area contributed by atoms with E-state index in [-0.39, 0.29) is 17.7 Å². The lowest BCUT2D eigenvalue weighted by Crippen LogP contribution is -2.16. The Morgan fingerprint density at radius 2 is 1.81 bits per heavy atom. The second-order valence-corrected chi connectivity index (χ2v) is 6.67. The molecule has 0 heterocycles. The molecule has 0 radical (unpaired) electrons. The van der Waals surface area contributed by atoms with E-state index in [2.05, 4.69) is 34.7 Å². The van der Waals surface area contributed by atoms with Crippen LogP contribution in [0.3, 0.4) is 0 Å². The summed E-state index contributed by atoms with van der Waals surface area (Å²) in [6, 6.07) is 4.19. The fourth-order valence-corrected chi connectivity index (χ4v) is 3.22. The summed E-state index contributed by atoms with van der Waals surface area (Å²) < 4.78 is 6.14. The summed E-state index contributed by atoms with van der Waals surface area (Å²) in [4.78, 5) is 23.7. The van der Waals surface area contributed by atoms with Crippen molar-refractivity contribution in [1.82, 2.24) is 0 Å². The number of hydrogen-bond acceptors (Lipinski definition) is 3. The number of rotatable bonds is 7. The van der Waals surface area contributed by atoms with Gasteiger partial charge in [0.15, 0.2) is 0 Å². The Bertz CT molecular complexity index is 500. The summed E-state index contributed by atoms with van der Waals surface area (Å²) in [6.45, 7) is 8.07. The van der Waals surface area contributed by atoms with Crippen molar-refractivity contribution in [1.29, 1.82) is 0 Å². The first kappa shape index (κ1) is 18.1. The Kier molecular flexibility index (Phi) is 7.35. The minimum absolute atomic E-state index is 0.179. The summed E-state index contributed by atoms with van der Waals surface area (Å²) in [5.74, 6) is -0.252. The van der Waals surface area contributed by atoms with Crippen LogP contribution >= 0.6 is 22.6 Å². The maximum atomic E-state index is 12.1. The smallest absolute Gasteiger partial charge is 0.308 e. The second-order valence-electron chi connectivity index (χ2n) is 5.43. The molecule has 21 heavy (non-hydrogen) atoms. The molecule has 4 heteroatoms. The number of halogens is 1. The Balaban J connectivity index is 2.57. The molecule has 0 aliphatic heterocycles. The van der Waals surface area contributed by atoms with E-state index in [4.69, 9.17) is 4.74 Å². The number of hydrogen-bond donors (Lipinski definition) is 0. The number of aryl methyl sites for hydroxylation is 2. The van der Waals surface area contributed by atoms with Crippen LogP contribution in [0.4, 0.5) is 0 Å². The number of ether oxygens (including phenoxy) is 1. The van der Waals surface area contributed by atoms with Crippen LogP contribution in [0, 0.1) is 23.3 Å². The van der Waals surface area contributed by atoms with E-state index in [0.717, 1.165) is 16.7 Å². The lowest BCUT2D eigenvalue weighted by Gasteiger charge is -2.12. The van der Waals surface area contributed by atoms with E-state index in [1.807, 2.05) is 20.8 Å². The molecule has 1 unspecified atom stereocenters. The first-order chi connectivity index (χ1) is 9.85. The number of carbonyl (C=O) groups excluding carboxylic acids is 2. The molecule has 1 aromatic carbocycles. The van der Waals surface area contributed by atoms with Gasteiger partial charge in [0.2, 0.25) is 0 Å². The fraction of sp³-hybridized carbons (Fsp3) is 0.529. The van der Waals surface area contributed by atoms with Crippen molar-refractivity contribution >= 4 is 34.3 Å². The van der Waals surface area contributed by atoms with Gasteiger partial charge in [0, 0.05) is 16.4 Å². The van der Waals surface area contributed by atoms with E-state index in [9.17, 15) is 9.59 Å². The van der Waals surface area contributed by atoms with Crippen LogP contribution < -0.4 is 0 Å². The molecular weight excluding hydrogens is 379 g/mol. The van der Waals surface area contributed by atoms with Gasteiger partial charge in [0.25, 0.3) is 0 Å². The van der Waals surface area contributed by atoms with E-state index in [0.29, 0.717) is 25.9 Å². The molecule has 0 N–H and O–H groups in total. The maximum absolute atomic E-state index is 12.1. The van der Waals surface area contributed by atoms with Crippen molar-refractivity contribution in [2.24, 2.45) is 5.92 Å². The molecule has 3 nitrogen and oxygen atoms in total. The average Bonchev–Trinajstić information content (AvgIpc) is 2.40. The highest BCUT2D eigenvalue weighted by molar-refractivity contribution is 14.1. The van der Waals surface area contributed by atoms with Crippen LogP contribution in [0.2, 0.25) is 0 Å². The van der Waals surface area contributed by atoms with Gasteiger partial charge in [-0.2, -0.15) is 0 Å². The highest BCUT2D eigenvalue weighted by Crippen LogP contribution is 2.20. The van der Waals surface area contributed by atoms with E-state index >= 15 is 0 Å². The molecule has 116 valence electrons. The quantitative estimate of drug-likeness (QED) is 0.512. The van der Waals surface area contributed by atoms with Gasteiger partial charge in [0.1, 0.15) is 5.78 Å². The Hall–Kier alpha value is -0.910. The largest absolute Gasteiger partial charge is 0.466 e. The first-order valence-corrected chi connectivity index (χ1v) is 8.37. The summed E-state index contributed by atoms with van der Waals surface area (Å²) in [7, 11) is 0. The van der Waals surface area contributed by atoms with Gasteiger partial charge >= 0.3 is 5.97 Å². The third-order valence-electron chi connectivity index (χ3n) is 3.58. The van der Waals surface area contributed by atoms with Crippen LogP contribution in [-0.2, 0) is 20.7 Å². The number of esters is 1.